The van der Waals surface area contributed by atoms with Gasteiger partial charge in [-0.05, 0) is 68.8 Å². The highest BCUT2D eigenvalue weighted by atomic mass is 32.2. The molecule has 0 bridgehead atoms. The van der Waals surface area contributed by atoms with Crippen LogP contribution in [0.4, 0.5) is 11.4 Å². The zero-order valence-electron chi connectivity index (χ0n) is 19.1. The van der Waals surface area contributed by atoms with Crippen LogP contribution in [0.25, 0.3) is 0 Å². The average molecular weight is 473 g/mol. The molecule has 0 atom stereocenters. The predicted octanol–water partition coefficient (Wildman–Crippen LogP) is 5.55. The number of amides is 2. The third-order valence-electron chi connectivity index (χ3n) is 5.11. The number of hydrogen-bond acceptors (Lipinski definition) is 6. The number of nitrogens with zero attached hydrogens (tertiary/aromatic N) is 1. The Morgan fingerprint density at radius 3 is 2.18 bits per heavy atom. The number of ether oxygens (including phenoxy) is 1. The van der Waals surface area contributed by atoms with Gasteiger partial charge in [-0.25, -0.2) is 9.69 Å². The van der Waals surface area contributed by atoms with Crippen LogP contribution in [0.2, 0.25) is 0 Å². The summed E-state index contributed by atoms with van der Waals surface area (Å²) in [5, 5.41) is 3.18. The van der Waals surface area contributed by atoms with Crippen LogP contribution in [0.5, 0.6) is 0 Å². The second-order valence-electron chi connectivity index (χ2n) is 8.01. The topological polar surface area (TPSA) is 75.7 Å². The fraction of sp³-hybridized carbons (Fsp3) is 0.148. The second kappa shape index (κ2) is 9.97. The van der Waals surface area contributed by atoms with Crippen molar-refractivity contribution in [3.8, 4) is 0 Å². The zero-order chi connectivity index (χ0) is 24.2. The first-order valence-electron chi connectivity index (χ1n) is 10.8. The van der Waals surface area contributed by atoms with E-state index in [4.69, 9.17) is 4.74 Å². The molecule has 1 aliphatic rings. The van der Waals surface area contributed by atoms with E-state index < -0.39 is 17.8 Å². The van der Waals surface area contributed by atoms with Crippen LogP contribution in [-0.2, 0) is 14.3 Å². The van der Waals surface area contributed by atoms with E-state index in [0.29, 0.717) is 16.2 Å². The fourth-order valence-electron chi connectivity index (χ4n) is 3.43. The van der Waals surface area contributed by atoms with Crippen molar-refractivity contribution in [2.24, 2.45) is 0 Å². The third kappa shape index (κ3) is 4.89. The number of hydrogen-bond donors (Lipinski definition) is 1. The number of para-hydroxylation sites is 1. The molecule has 1 heterocycles. The van der Waals surface area contributed by atoms with Crippen molar-refractivity contribution < 1.29 is 19.1 Å². The molecule has 0 aliphatic carbocycles. The lowest BCUT2D eigenvalue weighted by molar-refractivity contribution is -0.120. The number of carbonyl (C=O) groups excluding carboxylic acids is 3. The van der Waals surface area contributed by atoms with Gasteiger partial charge in [-0.1, -0.05) is 48.2 Å². The standard InChI is InChI=1S/C27H24N2O4S/c1-17(2)33-27(32)19-13-15-20(16-14-19)29-25(30)23(28-22-12-8-7-9-18(22)3)24(26(29)31)34-21-10-5-4-6-11-21/h4-17,28H,1-3H3. The van der Waals surface area contributed by atoms with Crippen molar-refractivity contribution in [2.45, 2.75) is 31.8 Å². The van der Waals surface area contributed by atoms with E-state index in [1.807, 2.05) is 61.5 Å². The van der Waals surface area contributed by atoms with Crippen LogP contribution in [0.3, 0.4) is 0 Å². The minimum absolute atomic E-state index is 0.219. The molecule has 7 heteroatoms. The Labute approximate surface area is 202 Å². The van der Waals surface area contributed by atoms with Crippen LogP contribution in [0.15, 0.2) is 94.4 Å². The Balaban J connectivity index is 1.67. The highest BCUT2D eigenvalue weighted by Crippen LogP contribution is 2.38. The maximum absolute atomic E-state index is 13.5. The van der Waals surface area contributed by atoms with Crippen LogP contribution >= 0.6 is 11.8 Å². The van der Waals surface area contributed by atoms with E-state index in [1.165, 1.54) is 11.8 Å². The molecule has 6 nitrogen and oxygen atoms in total. The maximum atomic E-state index is 13.5. The molecule has 0 spiro atoms. The number of imide groups is 1. The van der Waals surface area contributed by atoms with Gasteiger partial charge in [0, 0.05) is 10.6 Å². The molecule has 34 heavy (non-hydrogen) atoms. The Bertz CT molecular complexity index is 1270. The Kier molecular flexibility index (Phi) is 6.84. The van der Waals surface area contributed by atoms with Gasteiger partial charge in [0.1, 0.15) is 10.6 Å². The van der Waals surface area contributed by atoms with Gasteiger partial charge >= 0.3 is 5.97 Å². The van der Waals surface area contributed by atoms with E-state index in [-0.39, 0.29) is 11.8 Å². The molecule has 1 aliphatic heterocycles. The summed E-state index contributed by atoms with van der Waals surface area (Å²) in [7, 11) is 0. The normalized spacial score (nSPS) is 13.6. The lowest BCUT2D eigenvalue weighted by Crippen LogP contribution is -2.32. The lowest BCUT2D eigenvalue weighted by Gasteiger charge is -2.16. The van der Waals surface area contributed by atoms with Gasteiger partial charge in [-0.2, -0.15) is 0 Å². The largest absolute Gasteiger partial charge is 0.459 e. The molecule has 0 aromatic heterocycles. The van der Waals surface area contributed by atoms with E-state index in [1.54, 1.807) is 38.1 Å². The van der Waals surface area contributed by atoms with E-state index in [2.05, 4.69) is 5.32 Å². The molecule has 0 fully saturated rings. The molecule has 0 saturated heterocycles. The summed E-state index contributed by atoms with van der Waals surface area (Å²) in [6.45, 7) is 5.48. The Morgan fingerprint density at radius 1 is 0.882 bits per heavy atom. The summed E-state index contributed by atoms with van der Waals surface area (Å²) in [5.41, 5.74) is 2.64. The molecule has 0 radical (unpaired) electrons. The maximum Gasteiger partial charge on any atom is 0.338 e. The number of nitrogens with one attached hydrogen (secondary N) is 1. The molecular formula is C27H24N2O4S. The van der Waals surface area contributed by atoms with Gasteiger partial charge in [-0.15, -0.1) is 0 Å². The van der Waals surface area contributed by atoms with Gasteiger partial charge in [-0.3, -0.25) is 9.59 Å². The Hall–Kier alpha value is -3.84. The number of thioether (sulfide) groups is 1. The highest BCUT2D eigenvalue weighted by Gasteiger charge is 2.40. The molecule has 0 saturated carbocycles. The van der Waals surface area contributed by atoms with E-state index >= 15 is 0 Å². The Morgan fingerprint density at radius 2 is 1.53 bits per heavy atom. The molecular weight excluding hydrogens is 448 g/mol. The average Bonchev–Trinajstić information content (AvgIpc) is 3.05. The number of rotatable bonds is 7. The van der Waals surface area contributed by atoms with E-state index in [9.17, 15) is 14.4 Å². The number of carbonyl (C=O) groups is 3. The molecule has 3 aromatic rings. The molecule has 1 N–H and O–H groups in total. The smallest absolute Gasteiger partial charge is 0.338 e. The first-order chi connectivity index (χ1) is 16.3. The van der Waals surface area contributed by atoms with Crippen LogP contribution in [0.1, 0.15) is 29.8 Å². The summed E-state index contributed by atoms with van der Waals surface area (Å²) in [4.78, 5) is 41.4. The predicted molar refractivity (Wildman–Crippen MR) is 134 cm³/mol. The summed E-state index contributed by atoms with van der Waals surface area (Å²) in [5.74, 6) is -1.34. The summed E-state index contributed by atoms with van der Waals surface area (Å²) < 4.78 is 5.21. The van der Waals surface area contributed by atoms with Crippen molar-refractivity contribution >= 4 is 40.9 Å². The zero-order valence-corrected chi connectivity index (χ0v) is 19.9. The quantitative estimate of drug-likeness (QED) is 0.359. The summed E-state index contributed by atoms with van der Waals surface area (Å²) >= 11 is 1.24. The number of benzene rings is 3. The molecule has 172 valence electrons. The van der Waals surface area contributed by atoms with Crippen molar-refractivity contribution in [3.63, 3.8) is 0 Å². The minimum Gasteiger partial charge on any atom is -0.459 e. The monoisotopic (exact) mass is 472 g/mol. The first-order valence-corrected chi connectivity index (χ1v) is 11.7. The first kappa shape index (κ1) is 23.3. The van der Waals surface area contributed by atoms with Crippen LogP contribution in [0, 0.1) is 6.92 Å². The minimum atomic E-state index is -0.457. The van der Waals surface area contributed by atoms with Crippen LogP contribution in [-0.4, -0.2) is 23.9 Å². The van der Waals surface area contributed by atoms with Crippen LogP contribution < -0.4 is 10.2 Å². The van der Waals surface area contributed by atoms with E-state index in [0.717, 1.165) is 21.0 Å². The van der Waals surface area contributed by atoms with Gasteiger partial charge in [0.2, 0.25) is 0 Å². The number of anilines is 2. The van der Waals surface area contributed by atoms with Crippen molar-refractivity contribution in [1.29, 1.82) is 0 Å². The molecule has 4 rings (SSSR count). The fourth-order valence-corrected chi connectivity index (χ4v) is 4.38. The van der Waals surface area contributed by atoms with Crippen molar-refractivity contribution in [1.82, 2.24) is 0 Å². The number of esters is 1. The lowest BCUT2D eigenvalue weighted by atomic mass is 10.2. The van der Waals surface area contributed by atoms with Crippen molar-refractivity contribution in [2.75, 3.05) is 10.2 Å². The second-order valence-corrected chi connectivity index (χ2v) is 9.09. The SMILES string of the molecule is Cc1ccccc1NC1=C(Sc2ccccc2)C(=O)N(c2ccc(C(=O)OC(C)C)cc2)C1=O. The summed E-state index contributed by atoms with van der Waals surface area (Å²) in [6.07, 6.45) is -0.245. The van der Waals surface area contributed by atoms with Gasteiger partial charge in [0.05, 0.1) is 17.4 Å². The third-order valence-corrected chi connectivity index (χ3v) is 6.20. The van der Waals surface area contributed by atoms with Gasteiger partial charge < -0.3 is 10.1 Å². The molecule has 0 unspecified atom stereocenters. The number of aryl methyl sites for hydroxylation is 1. The van der Waals surface area contributed by atoms with Gasteiger partial charge in [0.15, 0.2) is 0 Å². The summed E-state index contributed by atoms with van der Waals surface area (Å²) in [6, 6.07) is 23.3. The molecule has 2 amide bonds. The van der Waals surface area contributed by atoms with Gasteiger partial charge in [0.25, 0.3) is 11.8 Å². The molecule has 3 aromatic carbocycles. The highest BCUT2D eigenvalue weighted by molar-refractivity contribution is 8.04. The van der Waals surface area contributed by atoms with Crippen molar-refractivity contribution in [3.05, 3.63) is 101 Å².